The van der Waals surface area contributed by atoms with Gasteiger partial charge in [-0.2, -0.15) is 0 Å². The number of hydrogen-bond donors (Lipinski definition) is 1. The van der Waals surface area contributed by atoms with Crippen LogP contribution in [0.4, 0.5) is 5.82 Å². The Morgan fingerprint density at radius 3 is 2.54 bits per heavy atom. The van der Waals surface area contributed by atoms with Gasteiger partial charge in [0.25, 0.3) is 0 Å². The van der Waals surface area contributed by atoms with Crippen molar-refractivity contribution in [1.29, 1.82) is 0 Å². The van der Waals surface area contributed by atoms with Crippen LogP contribution in [0.5, 0.6) is 11.5 Å². The Hall–Kier alpha value is -2.96. The van der Waals surface area contributed by atoms with E-state index in [0.717, 1.165) is 42.8 Å². The molecule has 2 aromatic rings. The molecule has 0 atom stereocenters. The first-order valence-electron chi connectivity index (χ1n) is 9.37. The Kier molecular flexibility index (Phi) is 6.23. The first kappa shape index (κ1) is 19.8. The second kappa shape index (κ2) is 8.82. The number of aliphatic imine (C=N–C) groups is 1. The van der Waals surface area contributed by atoms with Gasteiger partial charge in [0.15, 0.2) is 17.5 Å². The van der Waals surface area contributed by atoms with Crippen molar-refractivity contribution in [3.8, 4) is 11.5 Å². The summed E-state index contributed by atoms with van der Waals surface area (Å²) in [5, 5.41) is 3.48. The second-order valence-corrected chi connectivity index (χ2v) is 6.96. The Bertz CT molecular complexity index is 851. The van der Waals surface area contributed by atoms with Crippen molar-refractivity contribution in [2.24, 2.45) is 4.99 Å². The van der Waals surface area contributed by atoms with Crippen molar-refractivity contribution in [1.82, 2.24) is 15.2 Å². The van der Waals surface area contributed by atoms with E-state index < -0.39 is 0 Å². The minimum atomic E-state index is 0.700. The average molecular weight is 383 g/mol. The third kappa shape index (κ3) is 4.30. The summed E-state index contributed by atoms with van der Waals surface area (Å²) in [6.07, 6.45) is 2.78. The molecule has 150 valence electrons. The van der Waals surface area contributed by atoms with Gasteiger partial charge >= 0.3 is 0 Å². The molecule has 28 heavy (non-hydrogen) atoms. The molecule has 2 heterocycles. The van der Waals surface area contributed by atoms with Gasteiger partial charge < -0.3 is 24.6 Å². The predicted molar refractivity (Wildman–Crippen MR) is 112 cm³/mol. The number of guanidine groups is 1. The molecular formula is C21H29N5O2. The third-order valence-electron chi connectivity index (χ3n) is 4.95. The normalized spacial score (nSPS) is 13.8. The third-order valence-corrected chi connectivity index (χ3v) is 4.95. The molecule has 0 bridgehead atoms. The highest BCUT2D eigenvalue weighted by atomic mass is 16.5. The largest absolute Gasteiger partial charge is 0.493 e. The molecule has 7 nitrogen and oxygen atoms in total. The van der Waals surface area contributed by atoms with E-state index in [9.17, 15) is 0 Å². The Morgan fingerprint density at radius 2 is 1.89 bits per heavy atom. The Balaban J connectivity index is 1.70. The summed E-state index contributed by atoms with van der Waals surface area (Å²) in [6.45, 7) is 2.39. The van der Waals surface area contributed by atoms with Gasteiger partial charge in [-0.15, -0.1) is 0 Å². The smallest absolute Gasteiger partial charge is 0.194 e. The number of ether oxygens (including phenoxy) is 2. The van der Waals surface area contributed by atoms with Crippen molar-refractivity contribution in [2.75, 3.05) is 46.8 Å². The van der Waals surface area contributed by atoms with Crippen LogP contribution in [0.15, 0.2) is 35.5 Å². The van der Waals surface area contributed by atoms with Crippen LogP contribution in [0.1, 0.15) is 16.7 Å². The van der Waals surface area contributed by atoms with Crippen molar-refractivity contribution in [3.05, 3.63) is 47.2 Å². The van der Waals surface area contributed by atoms with E-state index in [2.05, 4.69) is 38.4 Å². The van der Waals surface area contributed by atoms with Gasteiger partial charge in [0, 0.05) is 47.0 Å². The maximum absolute atomic E-state index is 5.46. The van der Waals surface area contributed by atoms with E-state index in [1.165, 1.54) is 16.7 Å². The number of nitrogens with one attached hydrogen (secondary N) is 1. The highest BCUT2D eigenvalue weighted by molar-refractivity contribution is 5.80. The predicted octanol–water partition coefficient (Wildman–Crippen LogP) is 2.30. The first-order valence-corrected chi connectivity index (χ1v) is 9.37. The number of fused-ring (bicyclic) bond motifs is 1. The molecule has 7 heteroatoms. The monoisotopic (exact) mass is 383 g/mol. The number of methoxy groups -OCH3 is 2. The van der Waals surface area contributed by atoms with Gasteiger partial charge in [-0.25, -0.2) is 4.98 Å². The fourth-order valence-electron chi connectivity index (χ4n) is 3.39. The molecule has 0 amide bonds. The van der Waals surface area contributed by atoms with Gasteiger partial charge in [0.1, 0.15) is 5.82 Å². The summed E-state index contributed by atoms with van der Waals surface area (Å²) in [5.41, 5.74) is 3.71. The van der Waals surface area contributed by atoms with E-state index in [0.29, 0.717) is 6.54 Å². The van der Waals surface area contributed by atoms with E-state index in [1.54, 1.807) is 14.2 Å². The van der Waals surface area contributed by atoms with Gasteiger partial charge in [0.2, 0.25) is 0 Å². The van der Waals surface area contributed by atoms with E-state index in [-0.39, 0.29) is 0 Å². The zero-order valence-electron chi connectivity index (χ0n) is 17.3. The number of anilines is 1. The van der Waals surface area contributed by atoms with Gasteiger partial charge in [0.05, 0.1) is 14.2 Å². The highest BCUT2D eigenvalue weighted by Gasteiger charge is 2.21. The lowest BCUT2D eigenvalue weighted by molar-refractivity contribution is 0.346. The number of nitrogens with zero attached hydrogens (tertiary/aromatic N) is 4. The minimum absolute atomic E-state index is 0.700. The van der Waals surface area contributed by atoms with Crippen LogP contribution in [0, 0.1) is 0 Å². The summed E-state index contributed by atoms with van der Waals surface area (Å²) in [7, 11) is 9.15. The molecule has 1 N–H and O–H groups in total. The number of hydrogen-bond acceptors (Lipinski definition) is 5. The van der Waals surface area contributed by atoms with Crippen LogP contribution in [0.2, 0.25) is 0 Å². The van der Waals surface area contributed by atoms with Crippen molar-refractivity contribution in [3.63, 3.8) is 0 Å². The molecule has 0 aliphatic carbocycles. The molecular weight excluding hydrogens is 354 g/mol. The molecule has 0 radical (unpaired) electrons. The highest BCUT2D eigenvalue weighted by Crippen LogP contribution is 2.33. The number of benzene rings is 1. The molecule has 1 aromatic heterocycles. The standard InChI is InChI=1S/C21H29N5O2/c1-22-21(24-13-15-6-8-23-20(10-15)25(2)3)26-9-7-16-11-18(27-4)19(28-5)12-17(16)14-26/h6,8,10-12H,7,9,13-14H2,1-5H3,(H,22,24). The van der Waals surface area contributed by atoms with Crippen molar-refractivity contribution >= 4 is 11.8 Å². The van der Waals surface area contributed by atoms with Crippen LogP contribution in [-0.2, 0) is 19.5 Å². The minimum Gasteiger partial charge on any atom is -0.493 e. The number of pyridine rings is 1. The lowest BCUT2D eigenvalue weighted by Gasteiger charge is -2.32. The van der Waals surface area contributed by atoms with Crippen molar-refractivity contribution < 1.29 is 9.47 Å². The van der Waals surface area contributed by atoms with E-state index in [4.69, 9.17) is 9.47 Å². The molecule has 0 unspecified atom stereocenters. The quantitative estimate of drug-likeness (QED) is 0.631. The van der Waals surface area contributed by atoms with Crippen LogP contribution < -0.4 is 19.7 Å². The van der Waals surface area contributed by atoms with Crippen LogP contribution in [-0.4, -0.2) is 57.8 Å². The molecule has 1 aliphatic heterocycles. The summed E-state index contributed by atoms with van der Waals surface area (Å²) in [5.74, 6) is 3.39. The Morgan fingerprint density at radius 1 is 1.18 bits per heavy atom. The summed E-state index contributed by atoms with van der Waals surface area (Å²) >= 11 is 0. The number of aromatic nitrogens is 1. The fourth-order valence-corrected chi connectivity index (χ4v) is 3.39. The first-order chi connectivity index (χ1) is 13.5. The summed E-state index contributed by atoms with van der Waals surface area (Å²) in [4.78, 5) is 13.1. The van der Waals surface area contributed by atoms with Crippen LogP contribution in [0.25, 0.3) is 0 Å². The zero-order valence-corrected chi connectivity index (χ0v) is 17.3. The maximum atomic E-state index is 5.46. The zero-order chi connectivity index (χ0) is 20.1. The summed E-state index contributed by atoms with van der Waals surface area (Å²) in [6, 6.07) is 8.26. The second-order valence-electron chi connectivity index (χ2n) is 6.96. The fraction of sp³-hybridized carbons (Fsp3) is 0.429. The number of rotatable bonds is 5. The SMILES string of the molecule is CN=C(NCc1ccnc(N(C)C)c1)N1CCc2cc(OC)c(OC)cc2C1. The molecule has 0 spiro atoms. The lowest BCUT2D eigenvalue weighted by atomic mass is 9.99. The summed E-state index contributed by atoms with van der Waals surface area (Å²) < 4.78 is 10.9. The average Bonchev–Trinajstić information content (AvgIpc) is 2.73. The van der Waals surface area contributed by atoms with Crippen molar-refractivity contribution in [2.45, 2.75) is 19.5 Å². The molecule has 3 rings (SSSR count). The lowest BCUT2D eigenvalue weighted by Crippen LogP contribution is -2.43. The van der Waals surface area contributed by atoms with Gasteiger partial charge in [-0.3, -0.25) is 4.99 Å². The molecule has 0 saturated heterocycles. The van der Waals surface area contributed by atoms with Crippen LogP contribution in [0.3, 0.4) is 0 Å². The molecule has 0 saturated carbocycles. The van der Waals surface area contributed by atoms with Gasteiger partial charge in [-0.1, -0.05) is 0 Å². The van der Waals surface area contributed by atoms with Gasteiger partial charge in [-0.05, 0) is 47.4 Å². The van der Waals surface area contributed by atoms with E-state index >= 15 is 0 Å². The Labute approximate surface area is 167 Å². The molecule has 0 fully saturated rings. The molecule has 1 aromatic carbocycles. The topological polar surface area (TPSA) is 62.2 Å². The maximum Gasteiger partial charge on any atom is 0.194 e. The van der Waals surface area contributed by atoms with Crippen LogP contribution >= 0.6 is 0 Å². The van der Waals surface area contributed by atoms with E-state index in [1.807, 2.05) is 38.3 Å². The molecule has 1 aliphatic rings.